The second kappa shape index (κ2) is 9.95. The third kappa shape index (κ3) is 4.94. The number of carbonyl (C=O) groups excluding carboxylic acids is 2. The molecule has 34 heavy (non-hydrogen) atoms. The second-order valence-electron chi connectivity index (χ2n) is 7.79. The molecule has 0 aliphatic carbocycles. The number of hydrazone groups is 1. The number of amides is 1. The van der Waals surface area contributed by atoms with Crippen molar-refractivity contribution in [3.8, 4) is 16.9 Å². The molecular formula is C27H24N4O3. The summed E-state index contributed by atoms with van der Waals surface area (Å²) in [6.07, 6.45) is 1.50. The largest absolute Gasteiger partial charge is 0.465 e. The standard InChI is InChI=1S/C27H24N4O3/c1-18-8-12-21(13-9-18)25-16-23(30-31(25)24-7-5-4-6-19(24)2)26(32)29-28-17-20-10-14-22(15-11-20)27(33)34-3/h4-17H,1-3H3,(H,29,32)/b28-17-. The Morgan fingerprint density at radius 1 is 0.971 bits per heavy atom. The number of methoxy groups -OCH3 is 1. The van der Waals surface area contributed by atoms with Gasteiger partial charge in [0.25, 0.3) is 5.91 Å². The molecule has 4 rings (SSSR count). The first-order valence-corrected chi connectivity index (χ1v) is 10.7. The summed E-state index contributed by atoms with van der Waals surface area (Å²) in [5.41, 5.74) is 8.78. The number of hydrogen-bond acceptors (Lipinski definition) is 5. The molecule has 170 valence electrons. The van der Waals surface area contributed by atoms with Crippen molar-refractivity contribution >= 4 is 18.1 Å². The summed E-state index contributed by atoms with van der Waals surface area (Å²) in [5, 5.41) is 8.62. The van der Waals surface area contributed by atoms with E-state index in [0.717, 1.165) is 33.6 Å². The molecule has 0 radical (unpaired) electrons. The average Bonchev–Trinajstić information content (AvgIpc) is 3.30. The predicted octanol–water partition coefficient (Wildman–Crippen LogP) is 4.71. The first-order chi connectivity index (χ1) is 16.5. The minimum atomic E-state index is -0.428. The molecule has 0 saturated heterocycles. The van der Waals surface area contributed by atoms with Crippen molar-refractivity contribution in [3.05, 3.63) is 107 Å². The molecule has 0 bridgehead atoms. The van der Waals surface area contributed by atoms with E-state index in [9.17, 15) is 9.59 Å². The van der Waals surface area contributed by atoms with Gasteiger partial charge in [0.2, 0.25) is 0 Å². The molecule has 0 aliphatic rings. The van der Waals surface area contributed by atoms with Gasteiger partial charge in [-0.25, -0.2) is 14.9 Å². The highest BCUT2D eigenvalue weighted by atomic mass is 16.5. The maximum atomic E-state index is 12.8. The van der Waals surface area contributed by atoms with E-state index in [1.165, 1.54) is 13.3 Å². The molecule has 7 nitrogen and oxygen atoms in total. The van der Waals surface area contributed by atoms with Gasteiger partial charge in [-0.15, -0.1) is 0 Å². The first-order valence-electron chi connectivity index (χ1n) is 10.7. The normalized spacial score (nSPS) is 10.9. The smallest absolute Gasteiger partial charge is 0.337 e. The second-order valence-corrected chi connectivity index (χ2v) is 7.79. The Morgan fingerprint density at radius 3 is 2.35 bits per heavy atom. The maximum absolute atomic E-state index is 12.8. The Hall–Kier alpha value is -4.52. The van der Waals surface area contributed by atoms with Crippen LogP contribution in [0, 0.1) is 13.8 Å². The van der Waals surface area contributed by atoms with Crippen molar-refractivity contribution in [3.63, 3.8) is 0 Å². The van der Waals surface area contributed by atoms with Gasteiger partial charge in [0, 0.05) is 5.56 Å². The van der Waals surface area contributed by atoms with Crippen LogP contribution in [0.4, 0.5) is 0 Å². The first kappa shape index (κ1) is 22.7. The molecule has 1 N–H and O–H groups in total. The third-order valence-electron chi connectivity index (χ3n) is 5.34. The van der Waals surface area contributed by atoms with Crippen LogP contribution in [-0.2, 0) is 4.74 Å². The number of hydrogen-bond donors (Lipinski definition) is 1. The fourth-order valence-corrected chi connectivity index (χ4v) is 3.45. The molecule has 1 aromatic heterocycles. The van der Waals surface area contributed by atoms with Crippen LogP contribution in [0.3, 0.4) is 0 Å². The van der Waals surface area contributed by atoms with E-state index in [0.29, 0.717) is 5.56 Å². The number of carbonyl (C=O) groups is 2. The fourth-order valence-electron chi connectivity index (χ4n) is 3.45. The Kier molecular flexibility index (Phi) is 6.64. The summed E-state index contributed by atoms with van der Waals surface area (Å²) in [6, 6.07) is 24.4. The van der Waals surface area contributed by atoms with Crippen LogP contribution in [0.5, 0.6) is 0 Å². The predicted molar refractivity (Wildman–Crippen MR) is 131 cm³/mol. The highest BCUT2D eigenvalue weighted by molar-refractivity contribution is 5.94. The van der Waals surface area contributed by atoms with E-state index in [1.54, 1.807) is 35.0 Å². The van der Waals surface area contributed by atoms with E-state index in [4.69, 9.17) is 0 Å². The highest BCUT2D eigenvalue weighted by Gasteiger charge is 2.17. The highest BCUT2D eigenvalue weighted by Crippen LogP contribution is 2.26. The quantitative estimate of drug-likeness (QED) is 0.261. The summed E-state index contributed by atoms with van der Waals surface area (Å²) >= 11 is 0. The molecule has 0 saturated carbocycles. The molecule has 4 aromatic rings. The van der Waals surface area contributed by atoms with Gasteiger partial charge in [0.1, 0.15) is 0 Å². The number of esters is 1. The molecular weight excluding hydrogens is 428 g/mol. The van der Waals surface area contributed by atoms with Gasteiger partial charge in [0.15, 0.2) is 5.69 Å². The number of nitrogens with one attached hydrogen (secondary N) is 1. The number of ether oxygens (including phenoxy) is 1. The lowest BCUT2D eigenvalue weighted by molar-refractivity contribution is 0.0600. The zero-order valence-corrected chi connectivity index (χ0v) is 19.1. The van der Waals surface area contributed by atoms with Crippen molar-refractivity contribution in [1.82, 2.24) is 15.2 Å². The molecule has 0 aliphatic heterocycles. The molecule has 1 heterocycles. The Balaban J connectivity index is 1.59. The topological polar surface area (TPSA) is 85.6 Å². The number of nitrogens with zero attached hydrogens (tertiary/aromatic N) is 3. The molecule has 0 atom stereocenters. The van der Waals surface area contributed by atoms with Gasteiger partial charge >= 0.3 is 5.97 Å². The van der Waals surface area contributed by atoms with E-state index in [-0.39, 0.29) is 5.69 Å². The SMILES string of the molecule is COC(=O)c1ccc(/C=N\NC(=O)c2cc(-c3ccc(C)cc3)n(-c3ccccc3C)n2)cc1. The molecule has 3 aromatic carbocycles. The van der Waals surface area contributed by atoms with Crippen LogP contribution in [0.1, 0.15) is 37.5 Å². The zero-order valence-electron chi connectivity index (χ0n) is 19.1. The summed E-state index contributed by atoms with van der Waals surface area (Å²) in [6.45, 7) is 4.04. The zero-order chi connectivity index (χ0) is 24.1. The fraction of sp³-hybridized carbons (Fsp3) is 0.111. The lowest BCUT2D eigenvalue weighted by atomic mass is 10.1. The van der Waals surface area contributed by atoms with E-state index < -0.39 is 11.9 Å². The van der Waals surface area contributed by atoms with E-state index in [2.05, 4.69) is 20.4 Å². The minimum Gasteiger partial charge on any atom is -0.465 e. The molecule has 0 unspecified atom stereocenters. The number of para-hydroxylation sites is 1. The van der Waals surface area contributed by atoms with Crippen LogP contribution in [0.25, 0.3) is 16.9 Å². The Morgan fingerprint density at radius 2 is 1.68 bits per heavy atom. The van der Waals surface area contributed by atoms with Gasteiger partial charge in [-0.05, 0) is 49.2 Å². The van der Waals surface area contributed by atoms with Gasteiger partial charge in [-0.3, -0.25) is 4.79 Å². The van der Waals surface area contributed by atoms with Crippen LogP contribution in [0.2, 0.25) is 0 Å². The summed E-state index contributed by atoms with van der Waals surface area (Å²) in [7, 11) is 1.33. The average molecular weight is 453 g/mol. The van der Waals surface area contributed by atoms with Crippen molar-refractivity contribution in [2.75, 3.05) is 7.11 Å². The van der Waals surface area contributed by atoms with Gasteiger partial charge in [0.05, 0.1) is 30.3 Å². The summed E-state index contributed by atoms with van der Waals surface area (Å²) in [4.78, 5) is 24.4. The van der Waals surface area contributed by atoms with Gasteiger partial charge in [-0.2, -0.15) is 10.2 Å². The number of benzene rings is 3. The van der Waals surface area contributed by atoms with Crippen LogP contribution in [-0.4, -0.2) is 35.0 Å². The van der Waals surface area contributed by atoms with E-state index >= 15 is 0 Å². The monoisotopic (exact) mass is 452 g/mol. The van der Waals surface area contributed by atoms with Crippen LogP contribution < -0.4 is 5.43 Å². The minimum absolute atomic E-state index is 0.247. The molecule has 1 amide bonds. The van der Waals surface area contributed by atoms with Gasteiger partial charge in [-0.1, -0.05) is 60.2 Å². The molecule has 7 heteroatoms. The third-order valence-corrected chi connectivity index (χ3v) is 5.34. The summed E-state index contributed by atoms with van der Waals surface area (Å²) < 4.78 is 6.47. The van der Waals surface area contributed by atoms with Crippen molar-refractivity contribution in [2.45, 2.75) is 13.8 Å². The van der Waals surface area contributed by atoms with Gasteiger partial charge < -0.3 is 4.74 Å². The van der Waals surface area contributed by atoms with Crippen LogP contribution >= 0.6 is 0 Å². The number of rotatable bonds is 6. The van der Waals surface area contributed by atoms with Crippen molar-refractivity contribution < 1.29 is 14.3 Å². The molecule has 0 spiro atoms. The Bertz CT molecular complexity index is 1350. The number of aryl methyl sites for hydroxylation is 2. The molecule has 0 fully saturated rings. The number of aromatic nitrogens is 2. The van der Waals surface area contributed by atoms with Crippen molar-refractivity contribution in [2.24, 2.45) is 5.10 Å². The van der Waals surface area contributed by atoms with E-state index in [1.807, 2.05) is 62.4 Å². The Labute approximate surface area is 197 Å². The van der Waals surface area contributed by atoms with Crippen LogP contribution in [0.15, 0.2) is 84.0 Å². The maximum Gasteiger partial charge on any atom is 0.337 e. The lowest BCUT2D eigenvalue weighted by Crippen LogP contribution is -2.18. The summed E-state index contributed by atoms with van der Waals surface area (Å²) in [5.74, 6) is -0.839. The van der Waals surface area contributed by atoms with Crippen molar-refractivity contribution in [1.29, 1.82) is 0 Å². The lowest BCUT2D eigenvalue weighted by Gasteiger charge is -2.10.